The summed E-state index contributed by atoms with van der Waals surface area (Å²) in [4.78, 5) is 16.5. The fourth-order valence-corrected chi connectivity index (χ4v) is 3.96. The first-order chi connectivity index (χ1) is 14.1. The van der Waals surface area contributed by atoms with Gasteiger partial charge in [-0.2, -0.15) is 0 Å². The van der Waals surface area contributed by atoms with Gasteiger partial charge in [0.25, 0.3) is 0 Å². The summed E-state index contributed by atoms with van der Waals surface area (Å²) in [5, 5.41) is 13.3. The SMILES string of the molecule is O=C(CSc1nncn1-c1ccccc1)Nc1nc(-c2ccc(F)c(F)c2)cs1. The molecule has 0 saturated carbocycles. The molecule has 1 amide bonds. The van der Waals surface area contributed by atoms with E-state index in [9.17, 15) is 13.6 Å². The summed E-state index contributed by atoms with van der Waals surface area (Å²) < 4.78 is 28.2. The van der Waals surface area contributed by atoms with Crippen molar-refractivity contribution in [3.63, 3.8) is 0 Å². The van der Waals surface area contributed by atoms with E-state index in [1.165, 1.54) is 29.2 Å². The van der Waals surface area contributed by atoms with Crippen LogP contribution in [-0.4, -0.2) is 31.4 Å². The number of nitrogens with one attached hydrogen (secondary N) is 1. The van der Waals surface area contributed by atoms with Crippen LogP contribution in [0.15, 0.2) is 65.4 Å². The maximum atomic E-state index is 13.4. The normalized spacial score (nSPS) is 10.8. The van der Waals surface area contributed by atoms with E-state index >= 15 is 0 Å². The minimum atomic E-state index is -0.944. The average Bonchev–Trinajstić information content (AvgIpc) is 3.39. The Labute approximate surface area is 172 Å². The predicted molar refractivity (Wildman–Crippen MR) is 108 cm³/mol. The minimum absolute atomic E-state index is 0.117. The number of hydrogen-bond acceptors (Lipinski definition) is 6. The fourth-order valence-electron chi connectivity index (χ4n) is 2.49. The summed E-state index contributed by atoms with van der Waals surface area (Å²) in [6.07, 6.45) is 1.59. The molecule has 2 heterocycles. The molecule has 2 aromatic carbocycles. The summed E-state index contributed by atoms with van der Waals surface area (Å²) >= 11 is 2.45. The zero-order valence-electron chi connectivity index (χ0n) is 14.8. The summed E-state index contributed by atoms with van der Waals surface area (Å²) in [6.45, 7) is 0. The number of halogens is 2. The maximum absolute atomic E-state index is 13.4. The molecule has 0 atom stereocenters. The van der Waals surface area contributed by atoms with Crippen LogP contribution in [0.5, 0.6) is 0 Å². The van der Waals surface area contributed by atoms with E-state index in [2.05, 4.69) is 20.5 Å². The van der Waals surface area contributed by atoms with Crippen LogP contribution in [0.2, 0.25) is 0 Å². The minimum Gasteiger partial charge on any atom is -0.301 e. The van der Waals surface area contributed by atoms with Gasteiger partial charge in [0, 0.05) is 16.6 Å². The first-order valence-electron chi connectivity index (χ1n) is 8.39. The van der Waals surface area contributed by atoms with Gasteiger partial charge in [-0.1, -0.05) is 30.0 Å². The molecule has 0 unspecified atom stereocenters. The Balaban J connectivity index is 1.38. The molecule has 0 aliphatic carbocycles. The number of hydrogen-bond donors (Lipinski definition) is 1. The lowest BCUT2D eigenvalue weighted by atomic mass is 10.2. The topological polar surface area (TPSA) is 72.7 Å². The van der Waals surface area contributed by atoms with Gasteiger partial charge in [-0.25, -0.2) is 13.8 Å². The molecule has 10 heteroatoms. The predicted octanol–water partition coefficient (Wildman–Crippen LogP) is 4.40. The Morgan fingerprint density at radius 3 is 2.76 bits per heavy atom. The van der Waals surface area contributed by atoms with Crippen molar-refractivity contribution in [1.29, 1.82) is 0 Å². The number of rotatable bonds is 6. The van der Waals surface area contributed by atoms with Crippen molar-refractivity contribution >= 4 is 34.1 Å². The number of benzene rings is 2. The Morgan fingerprint density at radius 2 is 1.97 bits per heavy atom. The Kier molecular flexibility index (Phi) is 5.63. The van der Waals surface area contributed by atoms with Gasteiger partial charge in [-0.15, -0.1) is 21.5 Å². The van der Waals surface area contributed by atoms with Gasteiger partial charge in [-0.05, 0) is 30.3 Å². The molecule has 146 valence electrons. The van der Waals surface area contributed by atoms with Crippen LogP contribution in [0.25, 0.3) is 16.9 Å². The number of thioether (sulfide) groups is 1. The van der Waals surface area contributed by atoms with Crippen molar-refractivity contribution < 1.29 is 13.6 Å². The highest BCUT2D eigenvalue weighted by Gasteiger charge is 2.13. The molecule has 0 radical (unpaired) electrons. The van der Waals surface area contributed by atoms with Crippen molar-refractivity contribution in [2.24, 2.45) is 0 Å². The third-order valence-corrected chi connectivity index (χ3v) is 5.55. The molecule has 0 bridgehead atoms. The van der Waals surface area contributed by atoms with Crippen LogP contribution < -0.4 is 5.32 Å². The maximum Gasteiger partial charge on any atom is 0.236 e. The van der Waals surface area contributed by atoms with Crippen LogP contribution in [0.4, 0.5) is 13.9 Å². The quantitative estimate of drug-likeness (QED) is 0.460. The Hall–Kier alpha value is -3.11. The summed E-state index contributed by atoms with van der Waals surface area (Å²) in [5.41, 5.74) is 1.79. The molecule has 1 N–H and O–H groups in total. The van der Waals surface area contributed by atoms with Gasteiger partial charge in [-0.3, -0.25) is 9.36 Å². The lowest BCUT2D eigenvalue weighted by molar-refractivity contribution is -0.113. The first-order valence-corrected chi connectivity index (χ1v) is 10.3. The van der Waals surface area contributed by atoms with Crippen LogP contribution >= 0.6 is 23.1 Å². The van der Waals surface area contributed by atoms with E-state index in [1.54, 1.807) is 16.3 Å². The van der Waals surface area contributed by atoms with E-state index < -0.39 is 11.6 Å². The molecule has 0 aliphatic heterocycles. The Bertz CT molecular complexity index is 1150. The van der Waals surface area contributed by atoms with E-state index in [1.807, 2.05) is 30.3 Å². The number of thiazole rings is 1. The molecule has 0 spiro atoms. The lowest BCUT2D eigenvalue weighted by Crippen LogP contribution is -2.14. The van der Waals surface area contributed by atoms with Gasteiger partial charge in [0.2, 0.25) is 5.91 Å². The molecule has 0 fully saturated rings. The number of aromatic nitrogens is 4. The van der Waals surface area contributed by atoms with Crippen LogP contribution in [0, 0.1) is 11.6 Å². The highest BCUT2D eigenvalue weighted by atomic mass is 32.2. The smallest absolute Gasteiger partial charge is 0.236 e. The fraction of sp³-hybridized carbons (Fsp3) is 0.0526. The monoisotopic (exact) mass is 429 g/mol. The van der Waals surface area contributed by atoms with E-state index in [0.29, 0.717) is 21.5 Å². The van der Waals surface area contributed by atoms with Gasteiger partial charge in [0.05, 0.1) is 11.4 Å². The summed E-state index contributed by atoms with van der Waals surface area (Å²) in [6, 6.07) is 13.1. The number of amides is 1. The molecular formula is C19H13F2N5OS2. The van der Waals surface area contributed by atoms with E-state index in [0.717, 1.165) is 17.8 Å². The third kappa shape index (κ3) is 4.49. The second kappa shape index (κ2) is 8.50. The number of nitrogens with zero attached hydrogens (tertiary/aromatic N) is 4. The van der Waals surface area contributed by atoms with Crippen molar-refractivity contribution in [3.05, 3.63) is 71.9 Å². The molecule has 6 nitrogen and oxygen atoms in total. The number of carbonyl (C=O) groups is 1. The highest BCUT2D eigenvalue weighted by Crippen LogP contribution is 2.26. The second-order valence-corrected chi connectivity index (χ2v) is 7.62. The van der Waals surface area contributed by atoms with Crippen molar-refractivity contribution in [1.82, 2.24) is 19.7 Å². The van der Waals surface area contributed by atoms with E-state index in [4.69, 9.17) is 0 Å². The molecule has 29 heavy (non-hydrogen) atoms. The van der Waals surface area contributed by atoms with Crippen LogP contribution in [0.3, 0.4) is 0 Å². The first kappa shape index (κ1) is 19.2. The van der Waals surface area contributed by atoms with Crippen molar-refractivity contribution in [3.8, 4) is 16.9 Å². The van der Waals surface area contributed by atoms with Gasteiger partial charge < -0.3 is 5.32 Å². The van der Waals surface area contributed by atoms with Gasteiger partial charge in [0.1, 0.15) is 6.33 Å². The lowest BCUT2D eigenvalue weighted by Gasteiger charge is -2.05. The third-order valence-electron chi connectivity index (χ3n) is 3.85. The zero-order chi connectivity index (χ0) is 20.2. The van der Waals surface area contributed by atoms with Gasteiger partial charge in [0.15, 0.2) is 21.9 Å². The van der Waals surface area contributed by atoms with E-state index in [-0.39, 0.29) is 11.7 Å². The summed E-state index contributed by atoms with van der Waals surface area (Å²) in [5.74, 6) is -2.01. The standard InChI is InChI=1S/C19H13F2N5OS2/c20-14-7-6-12(8-15(14)21)16-9-28-18(23-16)24-17(27)10-29-19-25-22-11-26(19)13-4-2-1-3-5-13/h1-9,11H,10H2,(H,23,24,27). The van der Waals surface area contributed by atoms with Crippen molar-refractivity contribution in [2.45, 2.75) is 5.16 Å². The largest absolute Gasteiger partial charge is 0.301 e. The molecule has 4 aromatic rings. The molecular weight excluding hydrogens is 416 g/mol. The Morgan fingerprint density at radius 1 is 1.14 bits per heavy atom. The molecule has 2 aromatic heterocycles. The van der Waals surface area contributed by atoms with Crippen molar-refractivity contribution in [2.75, 3.05) is 11.1 Å². The second-order valence-electron chi connectivity index (χ2n) is 5.82. The number of anilines is 1. The number of para-hydroxylation sites is 1. The van der Waals surface area contributed by atoms with Crippen LogP contribution in [-0.2, 0) is 4.79 Å². The number of carbonyl (C=O) groups excluding carboxylic acids is 1. The van der Waals surface area contributed by atoms with Crippen LogP contribution in [0.1, 0.15) is 0 Å². The zero-order valence-corrected chi connectivity index (χ0v) is 16.4. The van der Waals surface area contributed by atoms with Gasteiger partial charge >= 0.3 is 0 Å². The highest BCUT2D eigenvalue weighted by molar-refractivity contribution is 7.99. The molecule has 4 rings (SSSR count). The molecule has 0 aliphatic rings. The summed E-state index contributed by atoms with van der Waals surface area (Å²) in [7, 11) is 0. The molecule has 0 saturated heterocycles. The average molecular weight is 429 g/mol.